The maximum absolute atomic E-state index is 12.9. The van der Waals surface area contributed by atoms with E-state index < -0.39 is 6.10 Å². The molecule has 0 saturated heterocycles. The summed E-state index contributed by atoms with van der Waals surface area (Å²) in [6.07, 6.45) is 84.1. The van der Waals surface area contributed by atoms with Crippen molar-refractivity contribution in [2.24, 2.45) is 0 Å². The van der Waals surface area contributed by atoms with Crippen LogP contribution >= 0.6 is 0 Å². The molecule has 0 aliphatic carbocycles. The number of carbonyl (C=O) groups is 3. The van der Waals surface area contributed by atoms with E-state index in [1.54, 1.807) is 0 Å². The molecule has 0 N–H and O–H groups in total. The molecule has 0 radical (unpaired) electrons. The monoisotopic (exact) mass is 1040 g/mol. The van der Waals surface area contributed by atoms with Crippen LogP contribution in [0, 0.1) is 0 Å². The van der Waals surface area contributed by atoms with E-state index in [1.807, 2.05) is 0 Å². The molecular weight excluding hydrogens is 925 g/mol. The zero-order chi connectivity index (χ0) is 54.3. The zero-order valence-corrected chi connectivity index (χ0v) is 49.3. The van der Waals surface area contributed by atoms with E-state index in [4.69, 9.17) is 14.2 Å². The van der Waals surface area contributed by atoms with Crippen molar-refractivity contribution in [1.82, 2.24) is 0 Å². The van der Waals surface area contributed by atoms with Crippen LogP contribution in [0.2, 0.25) is 0 Å². The summed E-state index contributed by atoms with van der Waals surface area (Å²) < 4.78 is 16.9. The lowest BCUT2D eigenvalue weighted by Gasteiger charge is -2.18. The molecule has 0 aromatic rings. The van der Waals surface area contributed by atoms with Gasteiger partial charge in [-0.25, -0.2) is 0 Å². The molecule has 0 heterocycles. The molecule has 0 fully saturated rings. The predicted molar refractivity (Wildman–Crippen MR) is 325 cm³/mol. The highest BCUT2D eigenvalue weighted by Gasteiger charge is 2.19. The summed E-state index contributed by atoms with van der Waals surface area (Å²) >= 11 is 0. The summed E-state index contributed by atoms with van der Waals surface area (Å²) in [6.45, 7) is 6.48. The average molecular weight is 1040 g/mol. The minimum Gasteiger partial charge on any atom is -0.462 e. The molecule has 75 heavy (non-hydrogen) atoms. The van der Waals surface area contributed by atoms with E-state index in [1.165, 1.54) is 141 Å². The number of ether oxygens (including phenoxy) is 3. The molecule has 0 spiro atoms. The molecule has 0 aliphatic heterocycles. The van der Waals surface area contributed by atoms with Crippen molar-refractivity contribution in [3.63, 3.8) is 0 Å². The summed E-state index contributed by atoms with van der Waals surface area (Å²) in [5.74, 6) is -0.943. The van der Waals surface area contributed by atoms with Crippen LogP contribution in [0.1, 0.15) is 303 Å². The first-order chi connectivity index (χ1) is 37.0. The quantitative estimate of drug-likeness (QED) is 0.0261. The van der Waals surface area contributed by atoms with Crippen molar-refractivity contribution in [3.8, 4) is 0 Å². The van der Waals surface area contributed by atoms with Gasteiger partial charge in [-0.3, -0.25) is 14.4 Å². The van der Waals surface area contributed by atoms with Crippen LogP contribution in [0.3, 0.4) is 0 Å². The van der Waals surface area contributed by atoms with Gasteiger partial charge in [-0.15, -0.1) is 0 Å². The van der Waals surface area contributed by atoms with Crippen LogP contribution in [-0.4, -0.2) is 37.2 Å². The third-order valence-electron chi connectivity index (χ3n) is 13.6. The molecular formula is C69H118O6. The minimum absolute atomic E-state index is 0.0971. The number of unbranched alkanes of at least 4 members (excludes halogenated alkanes) is 30. The summed E-state index contributed by atoms with van der Waals surface area (Å²) in [6, 6.07) is 0. The van der Waals surface area contributed by atoms with Gasteiger partial charge in [0.15, 0.2) is 6.10 Å². The Hall–Kier alpha value is -3.67. The normalized spacial score (nSPS) is 12.7. The van der Waals surface area contributed by atoms with E-state index in [0.717, 1.165) is 122 Å². The van der Waals surface area contributed by atoms with Crippen molar-refractivity contribution in [2.45, 2.75) is 309 Å². The third kappa shape index (κ3) is 61.1. The summed E-state index contributed by atoms with van der Waals surface area (Å²) in [5.41, 5.74) is 0. The molecule has 6 heteroatoms. The SMILES string of the molecule is CC/C=C\C/C=C\C/C=C\C/C=C\C/C=C\C/C=C\CCCCC(=O)OCC(COC(=O)CCCCCCC/C=C\C/C=C\CCCCC)OC(=O)CCCCCCCCCCCCCCCCCCCCCCC. The number of allylic oxidation sites excluding steroid dienone is 16. The second-order valence-electron chi connectivity index (χ2n) is 20.9. The van der Waals surface area contributed by atoms with Crippen molar-refractivity contribution < 1.29 is 28.6 Å². The molecule has 0 saturated carbocycles. The first-order valence-electron chi connectivity index (χ1n) is 31.7. The fourth-order valence-electron chi connectivity index (χ4n) is 8.83. The first kappa shape index (κ1) is 71.3. The van der Waals surface area contributed by atoms with Gasteiger partial charge in [-0.1, -0.05) is 279 Å². The Labute approximate surface area is 464 Å². The van der Waals surface area contributed by atoms with Gasteiger partial charge in [-0.2, -0.15) is 0 Å². The molecule has 0 aliphatic rings. The summed E-state index contributed by atoms with van der Waals surface area (Å²) in [5, 5.41) is 0. The Morgan fingerprint density at radius 2 is 0.520 bits per heavy atom. The van der Waals surface area contributed by atoms with Crippen LogP contribution in [0.4, 0.5) is 0 Å². The second kappa shape index (κ2) is 62.9. The van der Waals surface area contributed by atoms with Crippen LogP contribution < -0.4 is 0 Å². The number of hydrogen-bond acceptors (Lipinski definition) is 6. The van der Waals surface area contributed by atoms with E-state index in [-0.39, 0.29) is 31.1 Å². The van der Waals surface area contributed by atoms with E-state index in [9.17, 15) is 14.4 Å². The Bertz CT molecular complexity index is 1480. The van der Waals surface area contributed by atoms with Crippen molar-refractivity contribution >= 4 is 17.9 Å². The molecule has 0 rings (SSSR count). The Morgan fingerprint density at radius 3 is 0.867 bits per heavy atom. The summed E-state index contributed by atoms with van der Waals surface area (Å²) in [4.78, 5) is 38.3. The van der Waals surface area contributed by atoms with Crippen molar-refractivity contribution in [1.29, 1.82) is 0 Å². The number of rotatable bonds is 57. The van der Waals surface area contributed by atoms with Gasteiger partial charge in [0.1, 0.15) is 13.2 Å². The lowest BCUT2D eigenvalue weighted by Crippen LogP contribution is -2.30. The van der Waals surface area contributed by atoms with Crippen LogP contribution in [-0.2, 0) is 28.6 Å². The molecule has 6 nitrogen and oxygen atoms in total. The average Bonchev–Trinajstić information content (AvgIpc) is 3.41. The Kier molecular flexibility index (Phi) is 59.8. The van der Waals surface area contributed by atoms with Gasteiger partial charge in [0, 0.05) is 19.3 Å². The van der Waals surface area contributed by atoms with E-state index in [0.29, 0.717) is 19.3 Å². The number of carbonyl (C=O) groups excluding carboxylic acids is 3. The van der Waals surface area contributed by atoms with Gasteiger partial charge < -0.3 is 14.2 Å². The standard InChI is InChI=1S/C69H118O6/c1-4-7-10-13-16-19-22-25-28-30-32-34-36-38-41-44-47-50-53-56-59-62-68(71)74-65-66(64-73-67(70)61-58-55-52-49-46-43-40-27-24-21-18-15-12-9-6-3)75-69(72)63-60-57-54-51-48-45-42-39-37-35-33-31-29-26-23-20-17-14-11-8-5-2/h7,10,16,18-19,21,25,27-28,32,34,38,40-41,47,50,66H,4-6,8-9,11-15,17,20,22-24,26,29-31,33,35-37,39,42-46,48-49,51-65H2,1-3H3/b10-7-,19-16-,21-18-,28-25-,34-32-,40-27-,41-38-,50-47-. The molecule has 0 bridgehead atoms. The molecule has 0 aromatic carbocycles. The highest BCUT2D eigenvalue weighted by Crippen LogP contribution is 2.17. The first-order valence-corrected chi connectivity index (χ1v) is 31.7. The Balaban J connectivity index is 4.44. The largest absolute Gasteiger partial charge is 0.462 e. The third-order valence-corrected chi connectivity index (χ3v) is 13.6. The molecule has 0 amide bonds. The molecule has 0 aromatic heterocycles. The van der Waals surface area contributed by atoms with Gasteiger partial charge in [0.25, 0.3) is 0 Å². The number of hydrogen-bond donors (Lipinski definition) is 0. The topological polar surface area (TPSA) is 78.9 Å². The van der Waals surface area contributed by atoms with Gasteiger partial charge >= 0.3 is 17.9 Å². The number of esters is 3. The Morgan fingerprint density at radius 1 is 0.280 bits per heavy atom. The van der Waals surface area contributed by atoms with Crippen LogP contribution in [0.25, 0.3) is 0 Å². The van der Waals surface area contributed by atoms with E-state index >= 15 is 0 Å². The molecule has 1 unspecified atom stereocenters. The van der Waals surface area contributed by atoms with Crippen LogP contribution in [0.15, 0.2) is 97.2 Å². The predicted octanol–water partition coefficient (Wildman–Crippen LogP) is 21.7. The minimum atomic E-state index is -0.802. The fourth-order valence-corrected chi connectivity index (χ4v) is 8.83. The maximum Gasteiger partial charge on any atom is 0.306 e. The van der Waals surface area contributed by atoms with Crippen molar-refractivity contribution in [3.05, 3.63) is 97.2 Å². The van der Waals surface area contributed by atoms with Crippen molar-refractivity contribution in [2.75, 3.05) is 13.2 Å². The second-order valence-corrected chi connectivity index (χ2v) is 20.9. The smallest absolute Gasteiger partial charge is 0.306 e. The summed E-state index contributed by atoms with van der Waals surface area (Å²) in [7, 11) is 0. The lowest BCUT2D eigenvalue weighted by atomic mass is 10.0. The van der Waals surface area contributed by atoms with Crippen LogP contribution in [0.5, 0.6) is 0 Å². The fraction of sp³-hybridized carbons (Fsp3) is 0.725. The molecule has 430 valence electrons. The van der Waals surface area contributed by atoms with Gasteiger partial charge in [0.2, 0.25) is 0 Å². The van der Waals surface area contributed by atoms with Gasteiger partial charge in [-0.05, 0) is 103 Å². The molecule has 1 atom stereocenters. The highest BCUT2D eigenvalue weighted by atomic mass is 16.6. The maximum atomic E-state index is 12.9. The lowest BCUT2D eigenvalue weighted by molar-refractivity contribution is -0.167. The van der Waals surface area contributed by atoms with Gasteiger partial charge in [0.05, 0.1) is 0 Å². The zero-order valence-electron chi connectivity index (χ0n) is 49.3. The highest BCUT2D eigenvalue weighted by molar-refractivity contribution is 5.71. The van der Waals surface area contributed by atoms with E-state index in [2.05, 4.69) is 118 Å².